The number of amides is 2. The molecule has 0 aliphatic carbocycles. The molecule has 1 unspecified atom stereocenters. The molecule has 0 radical (unpaired) electrons. The first-order valence-electron chi connectivity index (χ1n) is 9.05. The number of hydrogen-bond donors (Lipinski definition) is 1. The lowest BCUT2D eigenvalue weighted by Crippen LogP contribution is -2.51. The van der Waals surface area contributed by atoms with Gasteiger partial charge in [0.2, 0.25) is 11.8 Å². The first-order chi connectivity index (χ1) is 12.1. The first-order valence-corrected chi connectivity index (χ1v) is 9.05. The lowest BCUT2D eigenvalue weighted by molar-refractivity contribution is -0.133. The van der Waals surface area contributed by atoms with Gasteiger partial charge in [-0.3, -0.25) is 14.5 Å². The second-order valence-corrected chi connectivity index (χ2v) is 6.90. The van der Waals surface area contributed by atoms with Gasteiger partial charge in [-0.05, 0) is 38.3 Å². The fraction of sp³-hybridized carbons (Fsp3) is 0.579. The average Bonchev–Trinajstić information content (AvgIpc) is 3.12. The summed E-state index contributed by atoms with van der Waals surface area (Å²) in [5.41, 5.74) is 6.45. The Morgan fingerprint density at radius 1 is 1.16 bits per heavy atom. The van der Waals surface area contributed by atoms with Crippen molar-refractivity contribution in [3.05, 3.63) is 29.8 Å². The molecule has 2 aliphatic heterocycles. The van der Waals surface area contributed by atoms with Gasteiger partial charge >= 0.3 is 0 Å². The maximum absolute atomic E-state index is 12.6. The van der Waals surface area contributed by atoms with Gasteiger partial charge in [0.25, 0.3) is 0 Å². The Morgan fingerprint density at radius 2 is 1.88 bits per heavy atom. The van der Waals surface area contributed by atoms with Gasteiger partial charge in [0.15, 0.2) is 0 Å². The zero-order chi connectivity index (χ0) is 17.8. The number of carbonyl (C=O) groups excluding carboxylic acids is 2. The minimum absolute atomic E-state index is 0.124. The van der Waals surface area contributed by atoms with Gasteiger partial charge in [-0.2, -0.15) is 0 Å². The van der Waals surface area contributed by atoms with Crippen LogP contribution in [-0.2, 0) is 16.0 Å². The van der Waals surface area contributed by atoms with E-state index in [9.17, 15) is 9.59 Å². The summed E-state index contributed by atoms with van der Waals surface area (Å²) in [4.78, 5) is 28.4. The molecule has 0 aromatic heterocycles. The second-order valence-electron chi connectivity index (χ2n) is 6.90. The van der Waals surface area contributed by atoms with Crippen LogP contribution < -0.4 is 10.5 Å². The summed E-state index contributed by atoms with van der Waals surface area (Å²) in [6.07, 6.45) is 4.06. The number of para-hydroxylation sites is 1. The Morgan fingerprint density at radius 3 is 2.56 bits per heavy atom. The van der Waals surface area contributed by atoms with Crippen LogP contribution in [0.15, 0.2) is 24.3 Å². The van der Waals surface area contributed by atoms with E-state index < -0.39 is 0 Å². The zero-order valence-electron chi connectivity index (χ0n) is 14.8. The van der Waals surface area contributed by atoms with Crippen molar-refractivity contribution >= 4 is 11.8 Å². The molecule has 6 nitrogen and oxygen atoms in total. The number of primary amides is 1. The normalized spacial score (nSPS) is 22.1. The van der Waals surface area contributed by atoms with Crippen LogP contribution in [0.3, 0.4) is 0 Å². The SMILES string of the molecule is COc1ccccc1CC(=O)N1CCC(N2CCCC2C(N)=O)CC1. The molecule has 2 fully saturated rings. The molecule has 1 aromatic rings. The number of carbonyl (C=O) groups is 2. The van der Waals surface area contributed by atoms with Gasteiger partial charge in [-0.25, -0.2) is 0 Å². The van der Waals surface area contributed by atoms with Gasteiger partial charge in [0.05, 0.1) is 19.6 Å². The summed E-state index contributed by atoms with van der Waals surface area (Å²) in [5, 5.41) is 0. The number of likely N-dealkylation sites (tertiary alicyclic amines) is 2. The van der Waals surface area contributed by atoms with E-state index in [0.29, 0.717) is 12.5 Å². The highest BCUT2D eigenvalue weighted by Gasteiger charge is 2.36. The Kier molecular flexibility index (Phi) is 5.58. The number of benzene rings is 1. The molecule has 1 atom stereocenters. The number of rotatable bonds is 5. The Labute approximate surface area is 148 Å². The van der Waals surface area contributed by atoms with Gasteiger partial charge < -0.3 is 15.4 Å². The molecule has 2 amide bonds. The van der Waals surface area contributed by atoms with Gasteiger partial charge in [-0.1, -0.05) is 18.2 Å². The van der Waals surface area contributed by atoms with Crippen LogP contribution in [0, 0.1) is 0 Å². The lowest BCUT2D eigenvalue weighted by atomic mass is 10.0. The van der Waals surface area contributed by atoms with Crippen LogP contribution in [0.1, 0.15) is 31.2 Å². The maximum atomic E-state index is 12.6. The van der Waals surface area contributed by atoms with Crippen molar-refractivity contribution in [1.82, 2.24) is 9.80 Å². The average molecular weight is 345 g/mol. The van der Waals surface area contributed by atoms with Crippen LogP contribution in [0.5, 0.6) is 5.75 Å². The van der Waals surface area contributed by atoms with Gasteiger partial charge in [0, 0.05) is 24.7 Å². The molecule has 1 aromatic carbocycles. The van der Waals surface area contributed by atoms with E-state index in [1.54, 1.807) is 7.11 Å². The smallest absolute Gasteiger partial charge is 0.234 e. The molecule has 2 saturated heterocycles. The van der Waals surface area contributed by atoms with E-state index in [1.165, 1.54) is 0 Å². The molecular formula is C19H27N3O3. The van der Waals surface area contributed by atoms with Gasteiger partial charge in [0.1, 0.15) is 5.75 Å². The van der Waals surface area contributed by atoms with Crippen molar-refractivity contribution in [1.29, 1.82) is 0 Å². The van der Waals surface area contributed by atoms with Crippen molar-refractivity contribution in [3.63, 3.8) is 0 Å². The third kappa shape index (κ3) is 3.95. The van der Waals surface area contributed by atoms with E-state index in [-0.39, 0.29) is 17.9 Å². The molecule has 3 rings (SSSR count). The van der Waals surface area contributed by atoms with Crippen LogP contribution >= 0.6 is 0 Å². The lowest BCUT2D eigenvalue weighted by Gasteiger charge is -2.38. The molecule has 0 spiro atoms. The molecular weight excluding hydrogens is 318 g/mol. The highest BCUT2D eigenvalue weighted by Crippen LogP contribution is 2.26. The summed E-state index contributed by atoms with van der Waals surface area (Å²) in [6, 6.07) is 7.88. The van der Waals surface area contributed by atoms with Crippen molar-refractivity contribution in [2.45, 2.75) is 44.2 Å². The number of nitrogens with two attached hydrogens (primary N) is 1. The van der Waals surface area contributed by atoms with Crippen LogP contribution in [0.25, 0.3) is 0 Å². The van der Waals surface area contributed by atoms with Crippen molar-refractivity contribution < 1.29 is 14.3 Å². The molecule has 2 heterocycles. The summed E-state index contributed by atoms with van der Waals surface area (Å²) in [7, 11) is 1.63. The van der Waals surface area contributed by atoms with Crippen LogP contribution in [-0.4, -0.2) is 60.4 Å². The van der Waals surface area contributed by atoms with E-state index in [4.69, 9.17) is 10.5 Å². The monoisotopic (exact) mass is 345 g/mol. The molecule has 6 heteroatoms. The zero-order valence-corrected chi connectivity index (χ0v) is 14.8. The van der Waals surface area contributed by atoms with Crippen molar-refractivity contribution in [3.8, 4) is 5.75 Å². The summed E-state index contributed by atoms with van der Waals surface area (Å²) >= 11 is 0. The first kappa shape index (κ1) is 17.7. The van der Waals surface area contributed by atoms with Gasteiger partial charge in [-0.15, -0.1) is 0 Å². The maximum Gasteiger partial charge on any atom is 0.234 e. The Balaban J connectivity index is 1.55. The number of methoxy groups -OCH3 is 1. The van der Waals surface area contributed by atoms with E-state index >= 15 is 0 Å². The van der Waals surface area contributed by atoms with Crippen molar-refractivity contribution in [2.24, 2.45) is 5.73 Å². The van der Waals surface area contributed by atoms with E-state index in [1.807, 2.05) is 29.2 Å². The molecule has 2 aliphatic rings. The predicted molar refractivity (Wildman–Crippen MR) is 95.2 cm³/mol. The molecule has 0 saturated carbocycles. The fourth-order valence-electron chi connectivity index (χ4n) is 4.10. The Hall–Kier alpha value is -2.08. The fourth-order valence-corrected chi connectivity index (χ4v) is 4.10. The third-order valence-corrected chi connectivity index (χ3v) is 5.44. The van der Waals surface area contributed by atoms with Crippen LogP contribution in [0.2, 0.25) is 0 Å². The molecule has 25 heavy (non-hydrogen) atoms. The molecule has 0 bridgehead atoms. The predicted octanol–water partition coefficient (Wildman–Crippen LogP) is 1.18. The molecule has 2 N–H and O–H groups in total. The quantitative estimate of drug-likeness (QED) is 0.869. The largest absolute Gasteiger partial charge is 0.496 e. The third-order valence-electron chi connectivity index (χ3n) is 5.44. The minimum atomic E-state index is -0.216. The standard InChI is InChI=1S/C19H27N3O3/c1-25-17-7-3-2-5-14(17)13-18(23)21-11-8-15(9-12-21)22-10-4-6-16(22)19(20)24/h2-3,5,7,15-16H,4,6,8-13H2,1H3,(H2,20,24). The topological polar surface area (TPSA) is 75.9 Å². The second kappa shape index (κ2) is 7.87. The van der Waals surface area contributed by atoms with Crippen molar-refractivity contribution in [2.75, 3.05) is 26.7 Å². The number of hydrogen-bond acceptors (Lipinski definition) is 4. The highest BCUT2D eigenvalue weighted by atomic mass is 16.5. The van der Waals surface area contributed by atoms with E-state index in [2.05, 4.69) is 4.90 Å². The van der Waals surface area contributed by atoms with Crippen LogP contribution in [0.4, 0.5) is 0 Å². The highest BCUT2D eigenvalue weighted by molar-refractivity contribution is 5.80. The summed E-state index contributed by atoms with van der Waals surface area (Å²) in [6.45, 7) is 2.41. The number of ether oxygens (including phenoxy) is 1. The molecule has 136 valence electrons. The minimum Gasteiger partial charge on any atom is -0.496 e. The Bertz CT molecular complexity index is 626. The summed E-state index contributed by atoms with van der Waals surface area (Å²) in [5.74, 6) is 0.676. The van der Waals surface area contributed by atoms with E-state index in [0.717, 1.165) is 56.6 Å². The number of nitrogens with zero attached hydrogens (tertiary/aromatic N) is 2. The summed E-state index contributed by atoms with van der Waals surface area (Å²) < 4.78 is 5.33. The number of piperidine rings is 1.